The number of anilines is 2. The van der Waals surface area contributed by atoms with Crippen LogP contribution in [0.1, 0.15) is 25.3 Å². The molecular formula is C37H33N3O9. The fraction of sp³-hybridized carbons (Fsp3) is 0.297. The quantitative estimate of drug-likeness (QED) is 0.153. The standard InChI is InChI=1S/C37H33N3O9/c1-37-27(16-9-20-17-29(48-2)32(41)30(18-20)49-3)24-14-15-25-31(35(44)38(33(25)42)22-10-12-23(13-11-22)40(46)47)26(24)19-28(37)34(43)39(36(37)45)21-7-5-4-6-8-21/h4-14,16-18,25-28,31,41H,15,19H2,1-3H3. The van der Waals surface area contributed by atoms with Crippen LogP contribution in [0, 0.1) is 45.1 Å². The molecule has 4 aliphatic rings. The number of phenols is 1. The molecule has 3 fully saturated rings. The van der Waals surface area contributed by atoms with Crippen LogP contribution in [0.5, 0.6) is 17.2 Å². The molecule has 0 bridgehead atoms. The first-order chi connectivity index (χ1) is 23.5. The Labute approximate surface area is 281 Å². The molecule has 1 saturated carbocycles. The van der Waals surface area contributed by atoms with Gasteiger partial charge in [0.1, 0.15) is 0 Å². The summed E-state index contributed by atoms with van der Waals surface area (Å²) in [7, 11) is 2.84. The number of phenolic OH excluding ortho intramolecular Hbond substituents is 1. The SMILES string of the molecule is COc1cc(C=CC2C3=CCC4C(=O)N(c5ccc([N+](=O)[O-])cc5)C(=O)C4C3CC3C(=O)N(c4ccccc4)C(=O)C23C)cc(OC)c1O. The minimum atomic E-state index is -1.21. The molecule has 6 atom stereocenters. The van der Waals surface area contributed by atoms with Crippen molar-refractivity contribution in [1.82, 2.24) is 0 Å². The van der Waals surface area contributed by atoms with Crippen molar-refractivity contribution in [3.8, 4) is 17.2 Å². The molecule has 2 heterocycles. The fourth-order valence-corrected chi connectivity index (χ4v) is 8.24. The first-order valence-electron chi connectivity index (χ1n) is 15.9. The number of non-ortho nitro benzene ring substituents is 1. The minimum Gasteiger partial charge on any atom is -0.502 e. The van der Waals surface area contributed by atoms with Gasteiger partial charge in [0.05, 0.1) is 53.7 Å². The van der Waals surface area contributed by atoms with E-state index in [1.54, 1.807) is 55.5 Å². The summed E-state index contributed by atoms with van der Waals surface area (Å²) in [5.74, 6) is -4.77. The predicted octanol–water partition coefficient (Wildman–Crippen LogP) is 5.30. The first-order valence-corrected chi connectivity index (χ1v) is 15.9. The van der Waals surface area contributed by atoms with E-state index < -0.39 is 51.7 Å². The van der Waals surface area contributed by atoms with Gasteiger partial charge in [-0.2, -0.15) is 0 Å². The topological polar surface area (TPSA) is 157 Å². The third kappa shape index (κ3) is 4.73. The van der Waals surface area contributed by atoms with Crippen LogP contribution < -0.4 is 19.3 Å². The van der Waals surface area contributed by atoms with Crippen molar-refractivity contribution in [2.45, 2.75) is 19.8 Å². The van der Waals surface area contributed by atoms with Crippen LogP contribution >= 0.6 is 0 Å². The fourth-order valence-electron chi connectivity index (χ4n) is 8.24. The van der Waals surface area contributed by atoms with Gasteiger partial charge < -0.3 is 14.6 Å². The molecule has 2 aliphatic carbocycles. The average Bonchev–Trinajstić information content (AvgIpc) is 3.48. The number of para-hydroxylation sites is 1. The van der Waals surface area contributed by atoms with Gasteiger partial charge in [-0.25, -0.2) is 4.90 Å². The number of amides is 4. The van der Waals surface area contributed by atoms with Crippen molar-refractivity contribution in [3.05, 3.63) is 100 Å². The Morgan fingerprint density at radius 2 is 1.51 bits per heavy atom. The zero-order chi connectivity index (χ0) is 34.8. The molecule has 2 saturated heterocycles. The number of methoxy groups -OCH3 is 2. The molecule has 1 N–H and O–H groups in total. The second kappa shape index (κ2) is 11.7. The van der Waals surface area contributed by atoms with Crippen molar-refractivity contribution < 1.29 is 38.7 Å². The highest BCUT2D eigenvalue weighted by Gasteiger charge is 2.67. The van der Waals surface area contributed by atoms with Crippen LogP contribution in [0.25, 0.3) is 6.08 Å². The number of rotatable bonds is 7. The second-order valence-corrected chi connectivity index (χ2v) is 13.0. The summed E-state index contributed by atoms with van der Waals surface area (Å²) in [5.41, 5.74) is 0.726. The number of hydrogen-bond acceptors (Lipinski definition) is 9. The molecule has 6 unspecified atom stereocenters. The summed E-state index contributed by atoms with van der Waals surface area (Å²) in [6, 6.07) is 17.3. The molecule has 2 aliphatic heterocycles. The van der Waals surface area contributed by atoms with E-state index in [1.165, 1.54) is 43.4 Å². The van der Waals surface area contributed by atoms with Gasteiger partial charge in [-0.1, -0.05) is 42.0 Å². The average molecular weight is 664 g/mol. The summed E-state index contributed by atoms with van der Waals surface area (Å²) in [4.78, 5) is 69.7. The van der Waals surface area contributed by atoms with Crippen LogP contribution in [0.3, 0.4) is 0 Å². The van der Waals surface area contributed by atoms with Crippen LogP contribution in [0.2, 0.25) is 0 Å². The Hall–Kier alpha value is -5.78. The van der Waals surface area contributed by atoms with Gasteiger partial charge in [0.25, 0.3) is 5.69 Å². The van der Waals surface area contributed by atoms with E-state index in [0.29, 0.717) is 11.3 Å². The molecule has 250 valence electrons. The maximum atomic E-state index is 14.5. The number of hydrogen-bond donors (Lipinski definition) is 1. The van der Waals surface area contributed by atoms with E-state index in [0.717, 1.165) is 10.5 Å². The van der Waals surface area contributed by atoms with Gasteiger partial charge in [0, 0.05) is 18.1 Å². The third-order valence-electron chi connectivity index (χ3n) is 10.7. The number of nitrogens with zero attached hydrogens (tertiary/aromatic N) is 3. The number of carbonyl (C=O) groups excluding carboxylic acids is 4. The molecule has 12 nitrogen and oxygen atoms in total. The van der Waals surface area contributed by atoms with Gasteiger partial charge in [-0.15, -0.1) is 0 Å². The van der Waals surface area contributed by atoms with Gasteiger partial charge in [-0.3, -0.25) is 34.2 Å². The number of aromatic hydroxyl groups is 1. The lowest BCUT2D eigenvalue weighted by atomic mass is 9.52. The Morgan fingerprint density at radius 1 is 0.878 bits per heavy atom. The summed E-state index contributed by atoms with van der Waals surface area (Å²) >= 11 is 0. The second-order valence-electron chi connectivity index (χ2n) is 13.0. The largest absolute Gasteiger partial charge is 0.502 e. The van der Waals surface area contributed by atoms with Crippen molar-refractivity contribution in [1.29, 1.82) is 0 Å². The lowest BCUT2D eigenvalue weighted by Gasteiger charge is -2.47. The molecule has 49 heavy (non-hydrogen) atoms. The highest BCUT2D eigenvalue weighted by molar-refractivity contribution is 6.25. The third-order valence-corrected chi connectivity index (χ3v) is 10.7. The normalized spacial score (nSPS) is 27.6. The minimum absolute atomic E-state index is 0.162. The maximum Gasteiger partial charge on any atom is 0.269 e. The van der Waals surface area contributed by atoms with Gasteiger partial charge in [0.15, 0.2) is 11.5 Å². The summed E-state index contributed by atoms with van der Waals surface area (Å²) in [5, 5.41) is 21.7. The zero-order valence-electron chi connectivity index (χ0n) is 26.9. The smallest absolute Gasteiger partial charge is 0.269 e. The van der Waals surface area contributed by atoms with E-state index in [1.807, 2.05) is 12.2 Å². The number of carbonyl (C=O) groups is 4. The number of fused-ring (bicyclic) bond motifs is 4. The summed E-state index contributed by atoms with van der Waals surface area (Å²) in [6.45, 7) is 1.79. The molecule has 3 aromatic rings. The summed E-state index contributed by atoms with van der Waals surface area (Å²) in [6.07, 6.45) is 6.01. The molecule has 0 spiro atoms. The van der Waals surface area contributed by atoms with E-state index in [2.05, 4.69) is 0 Å². The van der Waals surface area contributed by atoms with E-state index in [9.17, 15) is 34.4 Å². The lowest BCUT2D eigenvalue weighted by molar-refractivity contribution is -0.384. The van der Waals surface area contributed by atoms with Gasteiger partial charge >= 0.3 is 0 Å². The van der Waals surface area contributed by atoms with Crippen LogP contribution in [0.15, 0.2) is 84.5 Å². The lowest BCUT2D eigenvalue weighted by Crippen LogP contribution is -2.49. The highest BCUT2D eigenvalue weighted by Crippen LogP contribution is 2.61. The van der Waals surface area contributed by atoms with E-state index in [4.69, 9.17) is 9.47 Å². The number of nitro benzene ring substituents is 1. The zero-order valence-corrected chi connectivity index (χ0v) is 26.9. The Morgan fingerprint density at radius 3 is 2.12 bits per heavy atom. The number of allylic oxidation sites excluding steroid dienone is 3. The van der Waals surface area contributed by atoms with Crippen molar-refractivity contribution in [2.75, 3.05) is 24.0 Å². The molecular weight excluding hydrogens is 630 g/mol. The van der Waals surface area contributed by atoms with Crippen molar-refractivity contribution in [3.63, 3.8) is 0 Å². The van der Waals surface area contributed by atoms with Crippen molar-refractivity contribution >= 4 is 46.8 Å². The molecule has 4 amide bonds. The number of imide groups is 2. The number of nitro groups is 1. The van der Waals surface area contributed by atoms with Crippen molar-refractivity contribution in [2.24, 2.45) is 35.0 Å². The van der Waals surface area contributed by atoms with Gasteiger partial charge in [0.2, 0.25) is 29.4 Å². The summed E-state index contributed by atoms with van der Waals surface area (Å²) < 4.78 is 10.7. The number of benzene rings is 3. The van der Waals surface area contributed by atoms with Crippen LogP contribution in [-0.2, 0) is 19.2 Å². The molecule has 0 radical (unpaired) electrons. The first kappa shape index (κ1) is 31.8. The van der Waals surface area contributed by atoms with E-state index in [-0.39, 0.29) is 53.3 Å². The predicted molar refractivity (Wildman–Crippen MR) is 178 cm³/mol. The molecule has 3 aromatic carbocycles. The van der Waals surface area contributed by atoms with E-state index >= 15 is 0 Å². The maximum absolute atomic E-state index is 14.5. The van der Waals surface area contributed by atoms with Gasteiger partial charge in [-0.05, 0) is 67.6 Å². The molecule has 0 aromatic heterocycles. The van der Waals surface area contributed by atoms with Crippen LogP contribution in [0.4, 0.5) is 17.1 Å². The highest BCUT2D eigenvalue weighted by atomic mass is 16.6. The Bertz CT molecular complexity index is 1950. The Kier molecular flexibility index (Phi) is 7.61. The monoisotopic (exact) mass is 663 g/mol. The van der Waals surface area contributed by atoms with Crippen LogP contribution in [-0.4, -0.2) is 47.9 Å². The molecule has 7 rings (SSSR count). The molecule has 12 heteroatoms. The Balaban J connectivity index is 1.32. The number of ether oxygens (including phenoxy) is 2.